The van der Waals surface area contributed by atoms with Gasteiger partial charge in [0.05, 0.1) is 0 Å². The van der Waals surface area contributed by atoms with Crippen LogP contribution in [0.2, 0.25) is 5.02 Å². The molecule has 32 heavy (non-hydrogen) atoms. The predicted molar refractivity (Wildman–Crippen MR) is 127 cm³/mol. The lowest BCUT2D eigenvalue weighted by molar-refractivity contribution is -0.118. The molecule has 160 valence electrons. The Morgan fingerprint density at radius 2 is 1.53 bits per heavy atom. The fourth-order valence-corrected chi connectivity index (χ4v) is 3.94. The van der Waals surface area contributed by atoms with Crippen LogP contribution in [-0.4, -0.2) is 28.1 Å². The molecule has 2 N–H and O–H groups in total. The molecule has 0 spiro atoms. The van der Waals surface area contributed by atoms with E-state index >= 15 is 0 Å². The number of rotatable bonds is 7. The molecule has 8 heteroatoms. The van der Waals surface area contributed by atoms with Gasteiger partial charge in [0.2, 0.25) is 11.0 Å². The number of nitrogens with zero attached hydrogens (tertiary/aromatic N) is 2. The number of anilines is 1. The largest absolute Gasteiger partial charge is 0.340 e. The fraction of sp³-hybridized carbons (Fsp3) is 0.0833. The summed E-state index contributed by atoms with van der Waals surface area (Å²) in [5.41, 5.74) is 2.27. The quantitative estimate of drug-likeness (QED) is 0.411. The number of carbonyl (C=O) groups is 2. The van der Waals surface area contributed by atoms with Gasteiger partial charge in [0.15, 0.2) is 0 Å². The van der Waals surface area contributed by atoms with Crippen molar-refractivity contribution in [3.63, 3.8) is 0 Å². The van der Waals surface area contributed by atoms with Crippen LogP contribution in [0.4, 0.5) is 5.13 Å². The number of hydrogen-bond donors (Lipinski definition) is 2. The normalized spacial score (nSPS) is 11.5. The molecular formula is C24H19ClN4O2S. The van der Waals surface area contributed by atoms with Gasteiger partial charge in [-0.25, -0.2) is 0 Å². The summed E-state index contributed by atoms with van der Waals surface area (Å²) in [7, 11) is 0. The standard InChI is InChI=1S/C24H19ClN4O2S/c25-19-13-11-18(12-14-19)23-28-29-24(32-23)27-22(31)20(15-16-7-3-1-4-8-16)26-21(30)17-9-5-2-6-10-17/h1-14,20H,15H2,(H,26,30)(H,27,29,31). The molecule has 0 aliphatic rings. The van der Waals surface area contributed by atoms with Crippen molar-refractivity contribution in [2.75, 3.05) is 5.32 Å². The summed E-state index contributed by atoms with van der Waals surface area (Å²) in [6.07, 6.45) is 0.341. The highest BCUT2D eigenvalue weighted by atomic mass is 35.5. The minimum Gasteiger partial charge on any atom is -0.340 e. The van der Waals surface area contributed by atoms with Crippen molar-refractivity contribution >= 4 is 39.9 Å². The fourth-order valence-electron chi connectivity index (χ4n) is 3.07. The van der Waals surface area contributed by atoms with Gasteiger partial charge in [-0.1, -0.05) is 83.6 Å². The number of carbonyl (C=O) groups excluding carboxylic acids is 2. The van der Waals surface area contributed by atoms with Gasteiger partial charge >= 0.3 is 0 Å². The maximum Gasteiger partial charge on any atom is 0.251 e. The van der Waals surface area contributed by atoms with Crippen LogP contribution in [0.15, 0.2) is 84.9 Å². The molecular weight excluding hydrogens is 444 g/mol. The highest BCUT2D eigenvalue weighted by Crippen LogP contribution is 2.27. The molecule has 6 nitrogen and oxygen atoms in total. The number of nitrogens with one attached hydrogen (secondary N) is 2. The summed E-state index contributed by atoms with van der Waals surface area (Å²) in [5.74, 6) is -0.683. The summed E-state index contributed by atoms with van der Waals surface area (Å²) in [6.45, 7) is 0. The van der Waals surface area contributed by atoms with E-state index in [1.165, 1.54) is 11.3 Å². The van der Waals surface area contributed by atoms with Gasteiger partial charge in [0.25, 0.3) is 5.91 Å². The van der Waals surface area contributed by atoms with E-state index in [0.29, 0.717) is 27.1 Å². The molecule has 0 fully saturated rings. The molecule has 4 rings (SSSR count). The maximum atomic E-state index is 13.1. The number of halogens is 1. The average molecular weight is 463 g/mol. The van der Waals surface area contributed by atoms with Crippen LogP contribution in [0.25, 0.3) is 10.6 Å². The lowest BCUT2D eigenvalue weighted by Gasteiger charge is -2.18. The third-order valence-electron chi connectivity index (χ3n) is 4.69. The smallest absolute Gasteiger partial charge is 0.251 e. The molecule has 1 heterocycles. The lowest BCUT2D eigenvalue weighted by atomic mass is 10.0. The Bertz CT molecular complexity index is 1200. The van der Waals surface area contributed by atoms with E-state index in [1.54, 1.807) is 36.4 Å². The van der Waals surface area contributed by atoms with Gasteiger partial charge in [-0.3, -0.25) is 14.9 Å². The first kappa shape index (κ1) is 21.7. The van der Waals surface area contributed by atoms with E-state index in [9.17, 15) is 9.59 Å². The van der Waals surface area contributed by atoms with Gasteiger partial charge in [-0.05, 0) is 29.8 Å². The van der Waals surface area contributed by atoms with Gasteiger partial charge in [0, 0.05) is 22.6 Å². The Labute approximate surface area is 194 Å². The summed E-state index contributed by atoms with van der Waals surface area (Å²) < 4.78 is 0. The molecule has 0 bridgehead atoms. The third kappa shape index (κ3) is 5.57. The van der Waals surface area contributed by atoms with Crippen molar-refractivity contribution in [1.82, 2.24) is 15.5 Å². The number of benzene rings is 3. The van der Waals surface area contributed by atoms with E-state index < -0.39 is 6.04 Å². The summed E-state index contributed by atoms with van der Waals surface area (Å²) >= 11 is 7.19. The van der Waals surface area contributed by atoms with E-state index in [1.807, 2.05) is 48.5 Å². The van der Waals surface area contributed by atoms with Crippen LogP contribution in [-0.2, 0) is 11.2 Å². The average Bonchev–Trinajstić information content (AvgIpc) is 3.28. The SMILES string of the molecule is O=C(NC(Cc1ccccc1)C(=O)Nc1nnc(-c2ccc(Cl)cc2)s1)c1ccccc1. The van der Waals surface area contributed by atoms with Crippen molar-refractivity contribution in [2.45, 2.75) is 12.5 Å². The zero-order chi connectivity index (χ0) is 22.3. The van der Waals surface area contributed by atoms with E-state index in [4.69, 9.17) is 11.6 Å². The molecule has 4 aromatic rings. The Morgan fingerprint density at radius 1 is 0.875 bits per heavy atom. The summed E-state index contributed by atoms with van der Waals surface area (Å²) in [5, 5.41) is 15.5. The minimum absolute atomic E-state index is 0.319. The Kier molecular flexibility index (Phi) is 6.89. The zero-order valence-corrected chi connectivity index (χ0v) is 18.4. The monoisotopic (exact) mass is 462 g/mol. The summed E-state index contributed by atoms with van der Waals surface area (Å²) in [6, 6.07) is 24.8. The Balaban J connectivity index is 1.50. The van der Waals surface area contributed by atoms with Gasteiger partial charge in [-0.2, -0.15) is 0 Å². The molecule has 0 saturated heterocycles. The van der Waals surface area contributed by atoms with E-state index in [2.05, 4.69) is 20.8 Å². The second kappa shape index (κ2) is 10.2. The molecule has 2 amide bonds. The minimum atomic E-state index is -0.784. The first-order valence-corrected chi connectivity index (χ1v) is 11.1. The number of aromatic nitrogens is 2. The summed E-state index contributed by atoms with van der Waals surface area (Å²) in [4.78, 5) is 25.8. The van der Waals surface area contributed by atoms with Crippen molar-refractivity contribution in [3.05, 3.63) is 101 Å². The lowest BCUT2D eigenvalue weighted by Crippen LogP contribution is -2.45. The molecule has 3 aromatic carbocycles. The van der Waals surface area contributed by atoms with E-state index in [0.717, 1.165) is 11.1 Å². The Hall–Kier alpha value is -3.55. The number of amides is 2. The molecule has 0 radical (unpaired) electrons. The topological polar surface area (TPSA) is 84.0 Å². The van der Waals surface area contributed by atoms with Crippen molar-refractivity contribution in [3.8, 4) is 10.6 Å². The second-order valence-corrected chi connectivity index (χ2v) is 8.40. The molecule has 0 aliphatic carbocycles. The van der Waals surface area contributed by atoms with Gasteiger partial charge in [-0.15, -0.1) is 10.2 Å². The molecule has 0 saturated carbocycles. The van der Waals surface area contributed by atoms with Crippen LogP contribution in [0.3, 0.4) is 0 Å². The van der Waals surface area contributed by atoms with Crippen molar-refractivity contribution in [1.29, 1.82) is 0 Å². The van der Waals surface area contributed by atoms with Crippen molar-refractivity contribution in [2.24, 2.45) is 0 Å². The highest BCUT2D eigenvalue weighted by molar-refractivity contribution is 7.18. The van der Waals surface area contributed by atoms with Crippen LogP contribution in [0.1, 0.15) is 15.9 Å². The molecule has 1 unspecified atom stereocenters. The first-order chi connectivity index (χ1) is 15.6. The van der Waals surface area contributed by atoms with Crippen molar-refractivity contribution < 1.29 is 9.59 Å². The Morgan fingerprint density at radius 3 is 2.22 bits per heavy atom. The van der Waals surface area contributed by atoms with Crippen LogP contribution in [0.5, 0.6) is 0 Å². The third-order valence-corrected chi connectivity index (χ3v) is 5.83. The predicted octanol–water partition coefficient (Wildman–Crippen LogP) is 4.84. The van der Waals surface area contributed by atoms with Crippen LogP contribution >= 0.6 is 22.9 Å². The first-order valence-electron chi connectivity index (χ1n) is 9.88. The molecule has 1 atom stereocenters. The molecule has 0 aliphatic heterocycles. The zero-order valence-electron chi connectivity index (χ0n) is 16.9. The van der Waals surface area contributed by atoms with Gasteiger partial charge in [0.1, 0.15) is 11.0 Å². The van der Waals surface area contributed by atoms with E-state index in [-0.39, 0.29) is 11.8 Å². The van der Waals surface area contributed by atoms with Crippen LogP contribution < -0.4 is 10.6 Å². The number of hydrogen-bond acceptors (Lipinski definition) is 5. The maximum absolute atomic E-state index is 13.1. The van der Waals surface area contributed by atoms with Gasteiger partial charge < -0.3 is 5.32 Å². The van der Waals surface area contributed by atoms with Crippen LogP contribution in [0, 0.1) is 0 Å². The second-order valence-electron chi connectivity index (χ2n) is 6.99. The highest BCUT2D eigenvalue weighted by Gasteiger charge is 2.23. The molecule has 1 aromatic heterocycles.